The minimum absolute atomic E-state index is 0.452. The highest BCUT2D eigenvalue weighted by Gasteiger charge is 2.14. The molecule has 0 bridgehead atoms. The van der Waals surface area contributed by atoms with Gasteiger partial charge in [0.15, 0.2) is 6.29 Å². The number of aromatic nitrogens is 1. The van der Waals surface area contributed by atoms with Gasteiger partial charge in [-0.1, -0.05) is 11.6 Å². The van der Waals surface area contributed by atoms with Crippen LogP contribution >= 0.6 is 11.6 Å². The second-order valence-electron chi connectivity index (χ2n) is 3.60. The van der Waals surface area contributed by atoms with E-state index in [2.05, 4.69) is 4.98 Å². The quantitative estimate of drug-likeness (QED) is 0.558. The number of methoxy groups -OCH3 is 3. The molecular formula is C12H18ClNO3. The van der Waals surface area contributed by atoms with Gasteiger partial charge in [0.2, 0.25) is 0 Å². The zero-order valence-corrected chi connectivity index (χ0v) is 11.2. The van der Waals surface area contributed by atoms with Gasteiger partial charge < -0.3 is 14.2 Å². The molecule has 0 radical (unpaired) electrons. The number of pyridine rings is 1. The van der Waals surface area contributed by atoms with E-state index in [4.69, 9.17) is 25.8 Å². The summed E-state index contributed by atoms with van der Waals surface area (Å²) in [5, 5.41) is 0.550. The van der Waals surface area contributed by atoms with Crippen LogP contribution in [0, 0.1) is 0 Å². The monoisotopic (exact) mass is 259 g/mol. The maximum Gasteiger partial charge on any atom is 0.184 e. The van der Waals surface area contributed by atoms with E-state index < -0.39 is 6.29 Å². The van der Waals surface area contributed by atoms with E-state index in [-0.39, 0.29) is 0 Å². The first kappa shape index (κ1) is 14.4. The van der Waals surface area contributed by atoms with E-state index in [1.54, 1.807) is 27.5 Å². The van der Waals surface area contributed by atoms with Gasteiger partial charge in [0.05, 0.1) is 5.02 Å². The summed E-state index contributed by atoms with van der Waals surface area (Å²) >= 11 is 6.06. The van der Waals surface area contributed by atoms with Crippen LogP contribution in [0.5, 0.6) is 0 Å². The van der Waals surface area contributed by atoms with Gasteiger partial charge in [-0.15, -0.1) is 0 Å². The fourth-order valence-electron chi connectivity index (χ4n) is 1.56. The summed E-state index contributed by atoms with van der Waals surface area (Å²) < 4.78 is 15.4. The molecule has 0 saturated heterocycles. The van der Waals surface area contributed by atoms with Crippen molar-refractivity contribution in [3.8, 4) is 0 Å². The Hall–Kier alpha value is -0.680. The minimum Gasteiger partial charge on any atom is -0.385 e. The average molecular weight is 260 g/mol. The third kappa shape index (κ3) is 4.24. The van der Waals surface area contributed by atoms with Crippen LogP contribution in [0.3, 0.4) is 0 Å². The molecule has 0 amide bonds. The van der Waals surface area contributed by atoms with Gasteiger partial charge in [-0.3, -0.25) is 4.98 Å². The van der Waals surface area contributed by atoms with Crippen molar-refractivity contribution in [2.75, 3.05) is 27.9 Å². The lowest BCUT2D eigenvalue weighted by atomic mass is 10.1. The maximum atomic E-state index is 6.06. The predicted octanol–water partition coefficient (Wildman–Crippen LogP) is 2.61. The van der Waals surface area contributed by atoms with E-state index in [9.17, 15) is 0 Å². The highest BCUT2D eigenvalue weighted by molar-refractivity contribution is 6.31. The number of hydrogen-bond acceptors (Lipinski definition) is 4. The molecular weight excluding hydrogens is 242 g/mol. The molecule has 0 aliphatic rings. The number of ether oxygens (including phenoxy) is 3. The molecule has 5 heteroatoms. The van der Waals surface area contributed by atoms with E-state index in [0.717, 1.165) is 30.7 Å². The first-order chi connectivity index (χ1) is 8.22. The van der Waals surface area contributed by atoms with Crippen molar-refractivity contribution < 1.29 is 14.2 Å². The van der Waals surface area contributed by atoms with E-state index in [0.29, 0.717) is 5.02 Å². The molecule has 0 atom stereocenters. The Morgan fingerprint density at radius 1 is 1.29 bits per heavy atom. The van der Waals surface area contributed by atoms with Crippen LogP contribution < -0.4 is 0 Å². The molecule has 1 heterocycles. The molecule has 1 rings (SSSR count). The SMILES string of the molecule is COCCCc1cc(C(OC)OC)c(Cl)cn1. The van der Waals surface area contributed by atoms with Crippen LogP contribution in [-0.2, 0) is 20.6 Å². The molecule has 0 aliphatic carbocycles. The zero-order chi connectivity index (χ0) is 12.7. The largest absolute Gasteiger partial charge is 0.385 e. The number of nitrogens with zero attached hydrogens (tertiary/aromatic N) is 1. The van der Waals surface area contributed by atoms with Crippen molar-refractivity contribution >= 4 is 11.6 Å². The standard InChI is InChI=1S/C12H18ClNO3/c1-15-6-4-5-9-7-10(11(13)8-14-9)12(16-2)17-3/h7-8,12H,4-6H2,1-3H3. The molecule has 1 aromatic heterocycles. The molecule has 4 nitrogen and oxygen atoms in total. The normalized spacial score (nSPS) is 11.1. The van der Waals surface area contributed by atoms with Crippen molar-refractivity contribution in [2.24, 2.45) is 0 Å². The summed E-state index contributed by atoms with van der Waals surface area (Å²) in [5.41, 5.74) is 1.76. The Morgan fingerprint density at radius 2 is 2.00 bits per heavy atom. The number of halogens is 1. The number of aryl methyl sites for hydroxylation is 1. The smallest absolute Gasteiger partial charge is 0.184 e. The fraction of sp³-hybridized carbons (Fsp3) is 0.583. The lowest BCUT2D eigenvalue weighted by molar-refractivity contribution is -0.106. The highest BCUT2D eigenvalue weighted by Crippen LogP contribution is 2.25. The van der Waals surface area contributed by atoms with Crippen LogP contribution in [0.1, 0.15) is 24.0 Å². The lowest BCUT2D eigenvalue weighted by Gasteiger charge is -2.15. The predicted molar refractivity (Wildman–Crippen MR) is 66.2 cm³/mol. The van der Waals surface area contributed by atoms with Gasteiger partial charge in [0, 0.05) is 45.4 Å². The lowest BCUT2D eigenvalue weighted by Crippen LogP contribution is -2.06. The maximum absolute atomic E-state index is 6.06. The molecule has 0 spiro atoms. The van der Waals surface area contributed by atoms with Crippen molar-refractivity contribution in [1.29, 1.82) is 0 Å². The summed E-state index contributed by atoms with van der Waals surface area (Å²) in [6.45, 7) is 0.720. The molecule has 0 fully saturated rings. The molecule has 0 N–H and O–H groups in total. The summed E-state index contributed by atoms with van der Waals surface area (Å²) in [6.07, 6.45) is 2.95. The topological polar surface area (TPSA) is 40.6 Å². The number of hydrogen-bond donors (Lipinski definition) is 0. The van der Waals surface area contributed by atoms with Gasteiger partial charge in [-0.2, -0.15) is 0 Å². The first-order valence-electron chi connectivity index (χ1n) is 5.41. The second-order valence-corrected chi connectivity index (χ2v) is 4.00. The van der Waals surface area contributed by atoms with Crippen LogP contribution in [-0.4, -0.2) is 32.9 Å². The van der Waals surface area contributed by atoms with Crippen LogP contribution in [0.25, 0.3) is 0 Å². The number of rotatable bonds is 7. The van der Waals surface area contributed by atoms with Gasteiger partial charge in [-0.25, -0.2) is 0 Å². The molecule has 0 saturated carbocycles. The van der Waals surface area contributed by atoms with Gasteiger partial charge in [0.1, 0.15) is 0 Å². The minimum atomic E-state index is -0.452. The molecule has 1 aromatic rings. The van der Waals surface area contributed by atoms with Crippen molar-refractivity contribution in [2.45, 2.75) is 19.1 Å². The van der Waals surface area contributed by atoms with Crippen molar-refractivity contribution in [3.05, 3.63) is 28.5 Å². The third-order valence-corrected chi connectivity index (χ3v) is 2.72. The summed E-state index contributed by atoms with van der Waals surface area (Å²) in [5.74, 6) is 0. The zero-order valence-electron chi connectivity index (χ0n) is 10.4. The van der Waals surface area contributed by atoms with Gasteiger partial charge >= 0.3 is 0 Å². The van der Waals surface area contributed by atoms with Crippen LogP contribution in [0.2, 0.25) is 5.02 Å². The molecule has 0 unspecified atom stereocenters. The fourth-order valence-corrected chi connectivity index (χ4v) is 1.76. The molecule has 96 valence electrons. The second kappa shape index (κ2) is 7.61. The van der Waals surface area contributed by atoms with Crippen molar-refractivity contribution in [3.63, 3.8) is 0 Å². The first-order valence-corrected chi connectivity index (χ1v) is 5.79. The molecule has 0 aliphatic heterocycles. The van der Waals surface area contributed by atoms with Crippen LogP contribution in [0.15, 0.2) is 12.3 Å². The van der Waals surface area contributed by atoms with Crippen LogP contribution in [0.4, 0.5) is 0 Å². The molecule has 0 aromatic carbocycles. The van der Waals surface area contributed by atoms with Gasteiger partial charge in [0.25, 0.3) is 0 Å². The summed E-state index contributed by atoms with van der Waals surface area (Å²) in [7, 11) is 4.84. The van der Waals surface area contributed by atoms with E-state index >= 15 is 0 Å². The van der Waals surface area contributed by atoms with Gasteiger partial charge in [-0.05, 0) is 18.9 Å². The summed E-state index contributed by atoms with van der Waals surface area (Å²) in [6, 6.07) is 1.91. The van der Waals surface area contributed by atoms with Crippen molar-refractivity contribution in [1.82, 2.24) is 4.98 Å². The molecule has 17 heavy (non-hydrogen) atoms. The summed E-state index contributed by atoms with van der Waals surface area (Å²) in [4.78, 5) is 4.26. The third-order valence-electron chi connectivity index (χ3n) is 2.41. The Bertz CT molecular complexity index is 343. The van der Waals surface area contributed by atoms with E-state index in [1.807, 2.05) is 6.07 Å². The highest BCUT2D eigenvalue weighted by atomic mass is 35.5. The average Bonchev–Trinajstić information content (AvgIpc) is 2.34. The Kier molecular flexibility index (Phi) is 6.44. The Morgan fingerprint density at radius 3 is 2.59 bits per heavy atom. The Balaban J connectivity index is 2.78. The Labute approximate surface area is 107 Å². The van der Waals surface area contributed by atoms with E-state index in [1.165, 1.54) is 0 Å².